The summed E-state index contributed by atoms with van der Waals surface area (Å²) in [6.07, 6.45) is 2.32. The highest BCUT2D eigenvalue weighted by molar-refractivity contribution is 9.10. The van der Waals surface area contributed by atoms with E-state index in [1.54, 1.807) is 0 Å². The molecule has 0 radical (unpaired) electrons. The predicted octanol–water partition coefficient (Wildman–Crippen LogP) is 3.49. The van der Waals surface area contributed by atoms with Crippen molar-refractivity contribution < 1.29 is 4.79 Å². The number of hydrogen-bond donors (Lipinski definition) is 1. The van der Waals surface area contributed by atoms with Crippen LogP contribution < -0.4 is 5.32 Å². The highest BCUT2D eigenvalue weighted by Crippen LogP contribution is 2.29. The molecule has 0 heterocycles. The zero-order chi connectivity index (χ0) is 14.0. The van der Waals surface area contributed by atoms with Crippen LogP contribution in [0.15, 0.2) is 16.6 Å². The minimum Gasteiger partial charge on any atom is -0.375 e. The minimum atomic E-state index is 0.192. The van der Waals surface area contributed by atoms with Gasteiger partial charge in [-0.1, -0.05) is 6.07 Å². The molecular formula is C15H21BrN2O. The number of nitrogens with one attached hydrogen (secondary N) is 1. The van der Waals surface area contributed by atoms with Crippen molar-refractivity contribution in [2.75, 3.05) is 18.4 Å². The molecule has 1 aliphatic rings. The first kappa shape index (κ1) is 14.4. The molecule has 0 bridgehead atoms. The number of halogens is 1. The Kier molecular flexibility index (Phi) is 4.50. The average molecular weight is 325 g/mol. The molecule has 1 aromatic carbocycles. The third-order valence-corrected chi connectivity index (χ3v) is 4.12. The number of hydrogen-bond acceptors (Lipinski definition) is 2. The van der Waals surface area contributed by atoms with Gasteiger partial charge in [0.25, 0.3) is 0 Å². The molecule has 0 atom stereocenters. The van der Waals surface area contributed by atoms with Crippen molar-refractivity contribution in [3.8, 4) is 0 Å². The molecule has 3 nitrogen and oxygen atoms in total. The minimum absolute atomic E-state index is 0.192. The summed E-state index contributed by atoms with van der Waals surface area (Å²) in [5.74, 6) is 0.192. The number of carbonyl (C=O) groups is 1. The van der Waals surface area contributed by atoms with Gasteiger partial charge in [0.05, 0.1) is 12.2 Å². The van der Waals surface area contributed by atoms with E-state index in [0.29, 0.717) is 12.6 Å². The Morgan fingerprint density at radius 1 is 1.42 bits per heavy atom. The van der Waals surface area contributed by atoms with Gasteiger partial charge in [-0.2, -0.15) is 0 Å². The Labute approximate surface area is 123 Å². The Bertz CT molecular complexity index is 460. The van der Waals surface area contributed by atoms with Crippen LogP contribution >= 0.6 is 15.9 Å². The second kappa shape index (κ2) is 5.95. The summed E-state index contributed by atoms with van der Waals surface area (Å²) < 4.78 is 1.02. The number of rotatable bonds is 5. The van der Waals surface area contributed by atoms with E-state index in [-0.39, 0.29) is 5.91 Å². The van der Waals surface area contributed by atoms with Gasteiger partial charge in [0.15, 0.2) is 0 Å². The zero-order valence-corrected chi connectivity index (χ0v) is 13.4. The third kappa shape index (κ3) is 3.50. The molecule has 0 spiro atoms. The normalized spacial score (nSPS) is 14.3. The van der Waals surface area contributed by atoms with E-state index in [0.717, 1.165) is 35.1 Å². The molecule has 1 amide bonds. The molecule has 1 aliphatic carbocycles. The van der Waals surface area contributed by atoms with Crippen LogP contribution in [-0.2, 0) is 4.79 Å². The molecule has 0 aromatic heterocycles. The lowest BCUT2D eigenvalue weighted by molar-refractivity contribution is -0.129. The van der Waals surface area contributed by atoms with Gasteiger partial charge in [-0.15, -0.1) is 0 Å². The van der Waals surface area contributed by atoms with Gasteiger partial charge in [-0.25, -0.2) is 0 Å². The quantitative estimate of drug-likeness (QED) is 0.899. The number of aryl methyl sites for hydroxylation is 2. The van der Waals surface area contributed by atoms with E-state index in [1.807, 2.05) is 11.8 Å². The number of carbonyl (C=O) groups excluding carboxylic acids is 1. The summed E-state index contributed by atoms with van der Waals surface area (Å²) in [4.78, 5) is 14.1. The second-order valence-electron chi connectivity index (χ2n) is 5.20. The Balaban J connectivity index is 2.00. The molecule has 2 rings (SSSR count). The van der Waals surface area contributed by atoms with E-state index < -0.39 is 0 Å². The smallest absolute Gasteiger partial charge is 0.242 e. The van der Waals surface area contributed by atoms with Crippen LogP contribution in [0.3, 0.4) is 0 Å². The molecule has 1 N–H and O–H groups in total. The zero-order valence-electron chi connectivity index (χ0n) is 11.8. The van der Waals surface area contributed by atoms with Gasteiger partial charge in [-0.3, -0.25) is 4.79 Å². The predicted molar refractivity (Wildman–Crippen MR) is 82.5 cm³/mol. The second-order valence-corrected chi connectivity index (χ2v) is 6.06. The lowest BCUT2D eigenvalue weighted by Gasteiger charge is -2.21. The van der Waals surface area contributed by atoms with Crippen molar-refractivity contribution in [2.45, 2.75) is 39.7 Å². The number of amides is 1. The molecular weight excluding hydrogens is 304 g/mol. The first-order valence-corrected chi connectivity index (χ1v) is 7.62. The van der Waals surface area contributed by atoms with Crippen molar-refractivity contribution in [1.29, 1.82) is 0 Å². The number of likely N-dealkylation sites (N-methyl/N-ethyl adjacent to an activating group) is 1. The summed E-state index contributed by atoms with van der Waals surface area (Å²) in [5, 5.41) is 3.27. The first-order chi connectivity index (χ1) is 9.02. The highest BCUT2D eigenvalue weighted by atomic mass is 79.9. The van der Waals surface area contributed by atoms with Crippen LogP contribution in [-0.4, -0.2) is 29.9 Å². The first-order valence-electron chi connectivity index (χ1n) is 6.83. The lowest BCUT2D eigenvalue weighted by atomic mass is 10.1. The molecule has 1 saturated carbocycles. The van der Waals surface area contributed by atoms with E-state index >= 15 is 0 Å². The highest BCUT2D eigenvalue weighted by Gasteiger charge is 2.31. The summed E-state index contributed by atoms with van der Waals surface area (Å²) in [7, 11) is 0. The fourth-order valence-electron chi connectivity index (χ4n) is 2.43. The van der Waals surface area contributed by atoms with E-state index in [9.17, 15) is 4.79 Å². The Morgan fingerprint density at radius 2 is 2.11 bits per heavy atom. The summed E-state index contributed by atoms with van der Waals surface area (Å²) >= 11 is 3.56. The van der Waals surface area contributed by atoms with Crippen molar-refractivity contribution in [3.63, 3.8) is 0 Å². The van der Waals surface area contributed by atoms with Crippen LogP contribution in [0.4, 0.5) is 5.69 Å². The van der Waals surface area contributed by atoms with E-state index in [4.69, 9.17) is 0 Å². The topological polar surface area (TPSA) is 32.3 Å². The van der Waals surface area contributed by atoms with Gasteiger partial charge < -0.3 is 10.2 Å². The fraction of sp³-hybridized carbons (Fsp3) is 0.533. The SMILES string of the molecule is CCN(C(=O)CNc1c(C)cc(C)cc1Br)C1CC1. The molecule has 4 heteroatoms. The summed E-state index contributed by atoms with van der Waals surface area (Å²) in [6.45, 7) is 7.34. The molecule has 1 fully saturated rings. The van der Waals surface area contributed by atoms with Gasteiger partial charge in [-0.05, 0) is 66.7 Å². The van der Waals surface area contributed by atoms with Crippen molar-refractivity contribution >= 4 is 27.5 Å². The summed E-state index contributed by atoms with van der Waals surface area (Å²) in [5.41, 5.74) is 3.40. The van der Waals surface area contributed by atoms with Gasteiger partial charge >= 0.3 is 0 Å². The standard InChI is InChI=1S/C15H21BrN2O/c1-4-18(12-5-6-12)14(19)9-17-15-11(3)7-10(2)8-13(15)16/h7-8,12,17H,4-6,9H2,1-3H3. The molecule has 19 heavy (non-hydrogen) atoms. The number of benzene rings is 1. The van der Waals surface area contributed by atoms with Crippen LogP contribution in [0.5, 0.6) is 0 Å². The largest absolute Gasteiger partial charge is 0.375 e. The third-order valence-electron chi connectivity index (χ3n) is 3.50. The van der Waals surface area contributed by atoms with Crippen LogP contribution in [0.25, 0.3) is 0 Å². The maximum atomic E-state index is 12.2. The van der Waals surface area contributed by atoms with Crippen molar-refractivity contribution in [3.05, 3.63) is 27.7 Å². The number of anilines is 1. The monoisotopic (exact) mass is 324 g/mol. The number of nitrogens with zero attached hydrogens (tertiary/aromatic N) is 1. The van der Waals surface area contributed by atoms with Crippen LogP contribution in [0, 0.1) is 13.8 Å². The van der Waals surface area contributed by atoms with Crippen LogP contribution in [0.1, 0.15) is 30.9 Å². The maximum absolute atomic E-state index is 12.2. The maximum Gasteiger partial charge on any atom is 0.242 e. The van der Waals surface area contributed by atoms with Crippen LogP contribution in [0.2, 0.25) is 0 Å². The van der Waals surface area contributed by atoms with E-state index in [2.05, 4.69) is 47.2 Å². The molecule has 104 valence electrons. The molecule has 0 unspecified atom stereocenters. The molecule has 0 saturated heterocycles. The Morgan fingerprint density at radius 3 is 2.63 bits per heavy atom. The molecule has 1 aromatic rings. The van der Waals surface area contributed by atoms with E-state index in [1.165, 1.54) is 5.56 Å². The lowest BCUT2D eigenvalue weighted by Crippen LogP contribution is -2.37. The molecule has 0 aliphatic heterocycles. The summed E-state index contributed by atoms with van der Waals surface area (Å²) in [6, 6.07) is 4.68. The average Bonchev–Trinajstić information content (AvgIpc) is 3.13. The van der Waals surface area contributed by atoms with Gasteiger partial charge in [0, 0.05) is 17.1 Å². The van der Waals surface area contributed by atoms with Gasteiger partial charge in [0.2, 0.25) is 5.91 Å². The fourth-order valence-corrected chi connectivity index (χ4v) is 3.24. The van der Waals surface area contributed by atoms with Crippen molar-refractivity contribution in [1.82, 2.24) is 4.90 Å². The Hall–Kier alpha value is -1.03. The van der Waals surface area contributed by atoms with Gasteiger partial charge in [0.1, 0.15) is 0 Å². The van der Waals surface area contributed by atoms with Crippen molar-refractivity contribution in [2.24, 2.45) is 0 Å².